The van der Waals surface area contributed by atoms with Crippen LogP contribution in [0.3, 0.4) is 0 Å². The Morgan fingerprint density at radius 2 is 1.90 bits per heavy atom. The topological polar surface area (TPSA) is 44.9 Å². The smallest absolute Gasteiger partial charge is 0.191 e. The molecule has 118 valence electrons. The van der Waals surface area contributed by atoms with Crippen molar-refractivity contribution < 1.29 is 0 Å². The molecule has 2 unspecified atom stereocenters. The Kier molecular flexibility index (Phi) is 6.57. The van der Waals surface area contributed by atoms with Crippen LogP contribution >= 0.6 is 24.0 Å². The minimum absolute atomic E-state index is 0. The summed E-state index contributed by atoms with van der Waals surface area (Å²) in [4.78, 5) is 9.24. The molecule has 2 fully saturated rings. The minimum atomic E-state index is 0. The maximum Gasteiger partial charge on any atom is 0.191 e. The SMILES string of the molecule is CC1CCCC(CN=C(N)N(C)C2CC2)(N(C)C)C1.I. The lowest BCUT2D eigenvalue weighted by Crippen LogP contribution is -2.50. The van der Waals surface area contributed by atoms with Crippen molar-refractivity contribution in [2.75, 3.05) is 27.7 Å². The molecule has 4 nitrogen and oxygen atoms in total. The van der Waals surface area contributed by atoms with Crippen molar-refractivity contribution in [3.05, 3.63) is 0 Å². The van der Waals surface area contributed by atoms with Gasteiger partial charge in [-0.25, -0.2) is 0 Å². The number of likely N-dealkylation sites (N-methyl/N-ethyl adjacent to an activating group) is 1. The fourth-order valence-corrected chi connectivity index (χ4v) is 3.31. The fourth-order valence-electron chi connectivity index (χ4n) is 3.31. The molecule has 0 amide bonds. The van der Waals surface area contributed by atoms with E-state index >= 15 is 0 Å². The van der Waals surface area contributed by atoms with Crippen molar-refractivity contribution in [1.82, 2.24) is 9.80 Å². The Labute approximate surface area is 141 Å². The van der Waals surface area contributed by atoms with Crippen LogP contribution in [0.1, 0.15) is 45.4 Å². The Bertz CT molecular complexity index is 341. The van der Waals surface area contributed by atoms with Crippen LogP contribution in [0.5, 0.6) is 0 Å². The summed E-state index contributed by atoms with van der Waals surface area (Å²) in [5.74, 6) is 1.52. The molecule has 2 N–H and O–H groups in total. The Balaban J connectivity index is 0.00000200. The van der Waals surface area contributed by atoms with E-state index in [1.54, 1.807) is 0 Å². The van der Waals surface area contributed by atoms with Crippen molar-refractivity contribution in [2.45, 2.75) is 57.0 Å². The van der Waals surface area contributed by atoms with Crippen molar-refractivity contribution >= 4 is 29.9 Å². The van der Waals surface area contributed by atoms with E-state index in [1.807, 2.05) is 0 Å². The van der Waals surface area contributed by atoms with Crippen molar-refractivity contribution in [3.8, 4) is 0 Å². The van der Waals surface area contributed by atoms with Crippen LogP contribution in [0.15, 0.2) is 4.99 Å². The number of rotatable bonds is 4. The number of guanidine groups is 1. The van der Waals surface area contributed by atoms with Gasteiger partial charge in [0.2, 0.25) is 0 Å². The molecular weight excluding hydrogens is 363 g/mol. The second kappa shape index (κ2) is 7.29. The molecule has 2 rings (SSSR count). The molecule has 0 saturated heterocycles. The number of nitrogens with two attached hydrogens (primary N) is 1. The van der Waals surface area contributed by atoms with Gasteiger partial charge in [0.1, 0.15) is 0 Å². The minimum Gasteiger partial charge on any atom is -0.370 e. The highest BCUT2D eigenvalue weighted by atomic mass is 127. The third kappa shape index (κ3) is 4.23. The monoisotopic (exact) mass is 394 g/mol. The van der Waals surface area contributed by atoms with E-state index in [0.717, 1.165) is 18.4 Å². The van der Waals surface area contributed by atoms with Crippen LogP contribution < -0.4 is 5.73 Å². The van der Waals surface area contributed by atoms with Crippen molar-refractivity contribution in [2.24, 2.45) is 16.6 Å². The molecule has 0 aromatic carbocycles. The summed E-state index contributed by atoms with van der Waals surface area (Å²) in [5.41, 5.74) is 6.34. The highest BCUT2D eigenvalue weighted by Gasteiger charge is 2.37. The molecular formula is C15H31IN4. The van der Waals surface area contributed by atoms with Gasteiger partial charge in [0.25, 0.3) is 0 Å². The molecule has 2 aliphatic carbocycles. The van der Waals surface area contributed by atoms with E-state index in [9.17, 15) is 0 Å². The van der Waals surface area contributed by atoms with E-state index < -0.39 is 0 Å². The highest BCUT2D eigenvalue weighted by Crippen LogP contribution is 2.36. The molecule has 0 aliphatic heterocycles. The van der Waals surface area contributed by atoms with Crippen LogP contribution in [0, 0.1) is 5.92 Å². The lowest BCUT2D eigenvalue weighted by molar-refractivity contribution is 0.0843. The number of nitrogens with zero attached hydrogens (tertiary/aromatic N) is 3. The molecule has 0 bridgehead atoms. The lowest BCUT2D eigenvalue weighted by atomic mass is 9.75. The van der Waals surface area contributed by atoms with Gasteiger partial charge in [-0.1, -0.05) is 19.8 Å². The zero-order valence-electron chi connectivity index (χ0n) is 13.4. The van der Waals surface area contributed by atoms with Gasteiger partial charge in [-0.05, 0) is 45.7 Å². The van der Waals surface area contributed by atoms with Gasteiger partial charge >= 0.3 is 0 Å². The Morgan fingerprint density at radius 1 is 1.25 bits per heavy atom. The van der Waals surface area contributed by atoms with Gasteiger partial charge in [0.05, 0.1) is 6.54 Å². The molecule has 0 aromatic rings. The van der Waals surface area contributed by atoms with E-state index in [2.05, 4.69) is 37.9 Å². The average molecular weight is 394 g/mol. The normalized spacial score (nSPS) is 31.1. The third-order valence-corrected chi connectivity index (χ3v) is 5.01. The molecule has 0 aromatic heterocycles. The molecule has 2 aliphatic rings. The largest absolute Gasteiger partial charge is 0.370 e. The van der Waals surface area contributed by atoms with Gasteiger partial charge in [-0.2, -0.15) is 0 Å². The third-order valence-electron chi connectivity index (χ3n) is 5.01. The summed E-state index contributed by atoms with van der Waals surface area (Å²) in [6, 6.07) is 0.643. The van der Waals surface area contributed by atoms with Gasteiger partial charge in [-0.15, -0.1) is 24.0 Å². The number of hydrogen-bond acceptors (Lipinski definition) is 2. The quantitative estimate of drug-likeness (QED) is 0.453. The maximum absolute atomic E-state index is 6.13. The first-order chi connectivity index (χ1) is 8.94. The van der Waals surface area contributed by atoms with Crippen LogP contribution in [-0.4, -0.2) is 55.0 Å². The lowest BCUT2D eigenvalue weighted by Gasteiger charge is -2.44. The van der Waals surface area contributed by atoms with Crippen LogP contribution in [-0.2, 0) is 0 Å². The highest BCUT2D eigenvalue weighted by molar-refractivity contribution is 14.0. The van der Waals surface area contributed by atoms with Crippen LogP contribution in [0.4, 0.5) is 0 Å². The van der Waals surface area contributed by atoms with Gasteiger partial charge in [0.15, 0.2) is 5.96 Å². The first-order valence-corrected chi connectivity index (χ1v) is 7.65. The fraction of sp³-hybridized carbons (Fsp3) is 0.933. The van der Waals surface area contributed by atoms with E-state index in [1.165, 1.54) is 38.5 Å². The first kappa shape index (κ1) is 18.0. The van der Waals surface area contributed by atoms with Gasteiger partial charge < -0.3 is 15.5 Å². The summed E-state index contributed by atoms with van der Waals surface area (Å²) in [7, 11) is 6.45. The predicted octanol–water partition coefficient (Wildman–Crippen LogP) is 2.52. The molecule has 20 heavy (non-hydrogen) atoms. The summed E-state index contributed by atoms with van der Waals surface area (Å²) < 4.78 is 0. The standard InChI is InChI=1S/C15H30N4.HI/c1-12-6-5-9-15(10-12,18(2)3)11-17-14(16)19(4)13-7-8-13;/h12-13H,5-11H2,1-4H3,(H2,16,17);1H. The van der Waals surface area contributed by atoms with Gasteiger partial charge in [-0.3, -0.25) is 4.99 Å². The summed E-state index contributed by atoms with van der Waals surface area (Å²) in [6.07, 6.45) is 7.69. The average Bonchev–Trinajstić information content (AvgIpc) is 3.19. The Hall–Kier alpha value is -0.0400. The zero-order valence-corrected chi connectivity index (χ0v) is 15.8. The molecule has 0 heterocycles. The van der Waals surface area contributed by atoms with E-state index in [4.69, 9.17) is 10.7 Å². The maximum atomic E-state index is 6.13. The summed E-state index contributed by atoms with van der Waals surface area (Å²) in [5, 5.41) is 0. The van der Waals surface area contributed by atoms with Gasteiger partial charge in [0, 0.05) is 18.6 Å². The predicted molar refractivity (Wildman–Crippen MR) is 96.7 cm³/mol. The summed E-state index contributed by atoms with van der Waals surface area (Å²) in [6.45, 7) is 3.20. The molecule has 2 saturated carbocycles. The molecule has 0 radical (unpaired) electrons. The number of hydrogen-bond donors (Lipinski definition) is 1. The first-order valence-electron chi connectivity index (χ1n) is 7.65. The second-order valence-corrected chi connectivity index (χ2v) is 6.84. The summed E-state index contributed by atoms with van der Waals surface area (Å²) >= 11 is 0. The van der Waals surface area contributed by atoms with E-state index in [-0.39, 0.29) is 29.5 Å². The van der Waals surface area contributed by atoms with Crippen LogP contribution in [0.2, 0.25) is 0 Å². The number of halogens is 1. The van der Waals surface area contributed by atoms with Crippen molar-refractivity contribution in [1.29, 1.82) is 0 Å². The Morgan fingerprint density at radius 3 is 2.40 bits per heavy atom. The van der Waals surface area contributed by atoms with Crippen LogP contribution in [0.25, 0.3) is 0 Å². The molecule has 2 atom stereocenters. The zero-order chi connectivity index (χ0) is 14.0. The molecule has 0 spiro atoms. The number of aliphatic imine (C=N–C) groups is 1. The second-order valence-electron chi connectivity index (χ2n) is 6.84. The molecule has 5 heteroatoms. The van der Waals surface area contributed by atoms with E-state index in [0.29, 0.717) is 6.04 Å². The van der Waals surface area contributed by atoms with Crippen molar-refractivity contribution in [3.63, 3.8) is 0 Å².